The Morgan fingerprint density at radius 3 is 2.58 bits per heavy atom. The van der Waals surface area contributed by atoms with Crippen LogP contribution in [-0.4, -0.2) is 5.84 Å². The molecule has 2 aromatic carbocycles. The molecular formula is C16H15N3. The average molecular weight is 249 g/mol. The second-order valence-electron chi connectivity index (χ2n) is 4.57. The summed E-state index contributed by atoms with van der Waals surface area (Å²) in [5.41, 5.74) is 9.88. The van der Waals surface area contributed by atoms with Gasteiger partial charge in [-0.3, -0.25) is 5.41 Å². The molecule has 0 bridgehead atoms. The molecule has 3 rings (SSSR count). The van der Waals surface area contributed by atoms with Crippen molar-refractivity contribution in [3.8, 4) is 0 Å². The molecule has 0 spiro atoms. The second-order valence-corrected chi connectivity index (χ2v) is 4.57. The van der Waals surface area contributed by atoms with Crippen molar-refractivity contribution < 1.29 is 0 Å². The zero-order valence-electron chi connectivity index (χ0n) is 10.5. The van der Waals surface area contributed by atoms with Crippen LogP contribution >= 0.6 is 0 Å². The third-order valence-electron chi connectivity index (χ3n) is 3.35. The van der Waals surface area contributed by atoms with Gasteiger partial charge < -0.3 is 10.6 Å². The van der Waals surface area contributed by atoms with Crippen molar-refractivity contribution in [3.05, 3.63) is 71.4 Å². The topological polar surface area (TPSA) is 53.1 Å². The Bertz CT molecular complexity index is 644. The summed E-state index contributed by atoms with van der Waals surface area (Å²) in [6.07, 6.45) is 4.14. The number of nitrogen functional groups attached to an aromatic ring is 1. The Hall–Kier alpha value is -2.55. The van der Waals surface area contributed by atoms with Crippen LogP contribution in [-0.2, 0) is 6.54 Å². The number of para-hydroxylation sites is 1. The summed E-state index contributed by atoms with van der Waals surface area (Å²) in [7, 11) is 0. The molecule has 0 amide bonds. The first-order chi connectivity index (χ1) is 9.25. The van der Waals surface area contributed by atoms with Gasteiger partial charge in [-0.1, -0.05) is 36.4 Å². The van der Waals surface area contributed by atoms with Crippen molar-refractivity contribution in [1.29, 1.82) is 5.41 Å². The van der Waals surface area contributed by atoms with Gasteiger partial charge in [0.25, 0.3) is 0 Å². The van der Waals surface area contributed by atoms with Crippen molar-refractivity contribution >= 4 is 17.6 Å². The van der Waals surface area contributed by atoms with Gasteiger partial charge >= 0.3 is 0 Å². The van der Waals surface area contributed by atoms with Gasteiger partial charge in [-0.05, 0) is 29.3 Å². The lowest BCUT2D eigenvalue weighted by Crippen LogP contribution is -2.23. The molecule has 0 saturated heterocycles. The van der Waals surface area contributed by atoms with Gasteiger partial charge in [0.2, 0.25) is 0 Å². The minimum Gasteiger partial charge on any atom is -0.384 e. The molecule has 0 unspecified atom stereocenters. The number of benzene rings is 2. The maximum absolute atomic E-state index is 7.68. The first-order valence-corrected chi connectivity index (χ1v) is 6.22. The Balaban J connectivity index is 2.02. The van der Waals surface area contributed by atoms with Crippen molar-refractivity contribution in [2.75, 3.05) is 4.90 Å². The quantitative estimate of drug-likeness (QED) is 0.635. The third kappa shape index (κ3) is 2.10. The molecule has 0 aliphatic carbocycles. The lowest BCUT2D eigenvalue weighted by atomic mass is 9.97. The normalized spacial score (nSPS) is 13.2. The number of nitrogens with one attached hydrogen (secondary N) is 1. The van der Waals surface area contributed by atoms with Gasteiger partial charge in [-0.15, -0.1) is 0 Å². The molecular weight excluding hydrogens is 234 g/mol. The lowest BCUT2D eigenvalue weighted by molar-refractivity contribution is 0.950. The van der Waals surface area contributed by atoms with Gasteiger partial charge in [-0.25, -0.2) is 0 Å². The molecule has 1 aliphatic rings. The molecule has 0 fully saturated rings. The Kier molecular flexibility index (Phi) is 2.80. The molecule has 19 heavy (non-hydrogen) atoms. The zero-order chi connectivity index (χ0) is 13.2. The van der Waals surface area contributed by atoms with Gasteiger partial charge in [0, 0.05) is 24.0 Å². The summed E-state index contributed by atoms with van der Waals surface area (Å²) in [6.45, 7) is 0.742. The number of fused-ring (bicyclic) bond motifs is 1. The van der Waals surface area contributed by atoms with Crippen molar-refractivity contribution in [2.45, 2.75) is 6.54 Å². The van der Waals surface area contributed by atoms with Crippen LogP contribution < -0.4 is 10.6 Å². The maximum atomic E-state index is 7.68. The number of hydrogen-bond acceptors (Lipinski definition) is 2. The third-order valence-corrected chi connectivity index (χ3v) is 3.35. The molecule has 1 heterocycles. The molecule has 94 valence electrons. The zero-order valence-corrected chi connectivity index (χ0v) is 10.5. The van der Waals surface area contributed by atoms with Crippen LogP contribution in [0.25, 0.3) is 6.08 Å². The summed E-state index contributed by atoms with van der Waals surface area (Å²) in [6, 6.07) is 16.1. The number of nitrogens with two attached hydrogens (primary N) is 1. The monoisotopic (exact) mass is 249 g/mol. The van der Waals surface area contributed by atoms with E-state index in [2.05, 4.69) is 35.4 Å². The SMILES string of the molecule is N=C(N)c1cccc2c1CN(c1ccccc1)C=C2. The summed E-state index contributed by atoms with van der Waals surface area (Å²) in [5, 5.41) is 7.68. The number of hydrogen-bond donors (Lipinski definition) is 2. The predicted molar refractivity (Wildman–Crippen MR) is 79.1 cm³/mol. The van der Waals surface area contributed by atoms with E-state index in [0.29, 0.717) is 0 Å². The lowest BCUT2D eigenvalue weighted by Gasteiger charge is -2.27. The van der Waals surface area contributed by atoms with E-state index in [1.165, 1.54) is 0 Å². The standard InChI is InChI=1S/C16H15N3/c17-16(18)14-8-4-5-12-9-10-19(11-15(12)14)13-6-2-1-3-7-13/h1-10H,11H2,(H3,17,18). The predicted octanol–water partition coefficient (Wildman–Crippen LogP) is 2.96. The van der Waals surface area contributed by atoms with Crippen LogP contribution in [0, 0.1) is 5.41 Å². The van der Waals surface area contributed by atoms with Gasteiger partial charge in [0.1, 0.15) is 5.84 Å². The Labute approximate surface area is 112 Å². The first-order valence-electron chi connectivity index (χ1n) is 6.22. The summed E-state index contributed by atoms with van der Waals surface area (Å²) < 4.78 is 0. The minimum atomic E-state index is 0.125. The van der Waals surface area contributed by atoms with E-state index in [1.807, 2.05) is 30.3 Å². The Morgan fingerprint density at radius 2 is 1.84 bits per heavy atom. The highest BCUT2D eigenvalue weighted by Gasteiger charge is 2.16. The van der Waals surface area contributed by atoms with E-state index in [1.54, 1.807) is 0 Å². The van der Waals surface area contributed by atoms with Crippen LogP contribution in [0.4, 0.5) is 5.69 Å². The van der Waals surface area contributed by atoms with E-state index in [-0.39, 0.29) is 5.84 Å². The molecule has 2 aromatic rings. The summed E-state index contributed by atoms with van der Waals surface area (Å²) in [4.78, 5) is 2.16. The fourth-order valence-corrected chi connectivity index (χ4v) is 2.38. The second kappa shape index (κ2) is 4.61. The van der Waals surface area contributed by atoms with E-state index < -0.39 is 0 Å². The van der Waals surface area contributed by atoms with E-state index >= 15 is 0 Å². The molecule has 3 heteroatoms. The van der Waals surface area contributed by atoms with E-state index in [9.17, 15) is 0 Å². The number of nitrogens with zero attached hydrogens (tertiary/aromatic N) is 1. The highest BCUT2D eigenvalue weighted by atomic mass is 15.1. The highest BCUT2D eigenvalue weighted by Crippen LogP contribution is 2.27. The number of amidine groups is 1. The van der Waals surface area contributed by atoms with Crippen LogP contribution in [0.3, 0.4) is 0 Å². The molecule has 3 nitrogen and oxygen atoms in total. The van der Waals surface area contributed by atoms with Crippen LogP contribution in [0.5, 0.6) is 0 Å². The molecule has 0 saturated carbocycles. The van der Waals surface area contributed by atoms with Gasteiger partial charge in [0.05, 0.1) is 0 Å². The molecule has 0 atom stereocenters. The minimum absolute atomic E-state index is 0.125. The maximum Gasteiger partial charge on any atom is 0.123 e. The average Bonchev–Trinajstić information content (AvgIpc) is 2.47. The highest BCUT2D eigenvalue weighted by molar-refractivity contribution is 5.97. The van der Waals surface area contributed by atoms with Gasteiger partial charge in [-0.2, -0.15) is 0 Å². The first kappa shape index (κ1) is 11.5. The number of anilines is 1. The van der Waals surface area contributed by atoms with Crippen molar-refractivity contribution in [1.82, 2.24) is 0 Å². The van der Waals surface area contributed by atoms with E-state index in [4.69, 9.17) is 11.1 Å². The smallest absolute Gasteiger partial charge is 0.123 e. The molecule has 1 aliphatic heterocycles. The summed E-state index contributed by atoms with van der Waals surface area (Å²) >= 11 is 0. The van der Waals surface area contributed by atoms with Gasteiger partial charge in [0.15, 0.2) is 0 Å². The Morgan fingerprint density at radius 1 is 1.05 bits per heavy atom. The molecule has 3 N–H and O–H groups in total. The van der Waals surface area contributed by atoms with E-state index in [0.717, 1.165) is 28.9 Å². The largest absolute Gasteiger partial charge is 0.384 e. The molecule has 0 aromatic heterocycles. The summed E-state index contributed by atoms with van der Waals surface area (Å²) in [5.74, 6) is 0.125. The van der Waals surface area contributed by atoms with Crippen LogP contribution in [0.2, 0.25) is 0 Å². The van der Waals surface area contributed by atoms with Crippen LogP contribution in [0.15, 0.2) is 54.7 Å². The fraction of sp³-hybridized carbons (Fsp3) is 0.0625. The molecule has 0 radical (unpaired) electrons. The van der Waals surface area contributed by atoms with Crippen molar-refractivity contribution in [3.63, 3.8) is 0 Å². The van der Waals surface area contributed by atoms with Crippen molar-refractivity contribution in [2.24, 2.45) is 5.73 Å². The van der Waals surface area contributed by atoms with Crippen LogP contribution in [0.1, 0.15) is 16.7 Å². The number of rotatable bonds is 2. The fourth-order valence-electron chi connectivity index (χ4n) is 2.38.